The van der Waals surface area contributed by atoms with E-state index in [1.54, 1.807) is 0 Å². The highest BCUT2D eigenvalue weighted by molar-refractivity contribution is 5.82. The van der Waals surface area contributed by atoms with Crippen LogP contribution in [0.15, 0.2) is 60.7 Å². The van der Waals surface area contributed by atoms with Crippen LogP contribution in [0.4, 0.5) is 0 Å². The van der Waals surface area contributed by atoms with Gasteiger partial charge in [0.2, 0.25) is 0 Å². The number of benzene rings is 2. The Morgan fingerprint density at radius 1 is 0.920 bits per heavy atom. The fourth-order valence-corrected chi connectivity index (χ4v) is 4.25. The van der Waals surface area contributed by atoms with Gasteiger partial charge in [-0.05, 0) is 42.7 Å². The van der Waals surface area contributed by atoms with Gasteiger partial charge in [-0.3, -0.25) is 9.69 Å². The summed E-state index contributed by atoms with van der Waals surface area (Å²) < 4.78 is 6.04. The van der Waals surface area contributed by atoms with Crippen molar-refractivity contribution in [2.45, 2.75) is 37.8 Å². The third kappa shape index (κ3) is 3.62. The second-order valence-corrected chi connectivity index (χ2v) is 7.23. The Morgan fingerprint density at radius 2 is 1.56 bits per heavy atom. The highest BCUT2D eigenvalue weighted by Crippen LogP contribution is 2.32. The molecular weight excluding hydrogens is 310 g/mol. The Bertz CT molecular complexity index is 661. The SMILES string of the molecule is O=C(OC1CCC2CCCN1C2)C(c1ccccc1)c1ccccc1. The zero-order valence-electron chi connectivity index (χ0n) is 14.5. The maximum Gasteiger partial charge on any atom is 0.319 e. The van der Waals surface area contributed by atoms with Gasteiger partial charge >= 0.3 is 5.97 Å². The van der Waals surface area contributed by atoms with E-state index < -0.39 is 0 Å². The number of carbonyl (C=O) groups is 1. The summed E-state index contributed by atoms with van der Waals surface area (Å²) in [5, 5.41) is 0. The molecule has 0 aliphatic carbocycles. The zero-order valence-corrected chi connectivity index (χ0v) is 14.5. The number of rotatable bonds is 4. The topological polar surface area (TPSA) is 29.5 Å². The second kappa shape index (κ2) is 7.40. The Kier molecular flexibility index (Phi) is 4.84. The van der Waals surface area contributed by atoms with Gasteiger partial charge in [0.15, 0.2) is 6.23 Å². The molecule has 0 N–H and O–H groups in total. The van der Waals surface area contributed by atoms with Crippen LogP contribution in [0.3, 0.4) is 0 Å². The minimum absolute atomic E-state index is 0.0565. The van der Waals surface area contributed by atoms with Crippen LogP contribution in [0, 0.1) is 5.92 Å². The first-order valence-electron chi connectivity index (χ1n) is 9.35. The lowest BCUT2D eigenvalue weighted by Crippen LogP contribution is -2.49. The molecule has 3 unspecified atom stereocenters. The fraction of sp³-hybridized carbons (Fsp3) is 0.409. The van der Waals surface area contributed by atoms with Gasteiger partial charge in [-0.2, -0.15) is 0 Å². The highest BCUT2D eigenvalue weighted by Gasteiger charge is 2.35. The Hall–Kier alpha value is -2.13. The molecule has 0 radical (unpaired) electrons. The molecule has 2 saturated heterocycles. The van der Waals surface area contributed by atoms with Crippen molar-refractivity contribution in [3.8, 4) is 0 Å². The van der Waals surface area contributed by atoms with E-state index in [4.69, 9.17) is 4.74 Å². The van der Waals surface area contributed by atoms with Crippen molar-refractivity contribution in [3.63, 3.8) is 0 Å². The second-order valence-electron chi connectivity index (χ2n) is 7.23. The lowest BCUT2D eigenvalue weighted by atomic mass is 9.88. The molecule has 2 bridgehead atoms. The van der Waals surface area contributed by atoms with Crippen LogP contribution in [-0.2, 0) is 9.53 Å². The molecule has 0 spiro atoms. The van der Waals surface area contributed by atoms with E-state index >= 15 is 0 Å². The third-order valence-corrected chi connectivity index (χ3v) is 5.53. The van der Waals surface area contributed by atoms with E-state index in [1.807, 2.05) is 60.7 Å². The van der Waals surface area contributed by atoms with Crippen molar-refractivity contribution in [1.29, 1.82) is 0 Å². The van der Waals surface area contributed by atoms with Crippen molar-refractivity contribution < 1.29 is 9.53 Å². The molecular formula is C22H25NO2. The number of hydrogen-bond acceptors (Lipinski definition) is 3. The van der Waals surface area contributed by atoms with Gasteiger partial charge in [0.1, 0.15) is 5.92 Å². The lowest BCUT2D eigenvalue weighted by molar-refractivity contribution is -0.167. The highest BCUT2D eigenvalue weighted by atomic mass is 16.6. The number of hydrogen-bond donors (Lipinski definition) is 0. The molecule has 2 aliphatic rings. The Labute approximate surface area is 149 Å². The fourth-order valence-electron chi connectivity index (χ4n) is 4.25. The van der Waals surface area contributed by atoms with E-state index in [2.05, 4.69) is 4.90 Å². The molecule has 3 atom stereocenters. The van der Waals surface area contributed by atoms with Crippen LogP contribution in [-0.4, -0.2) is 30.2 Å². The van der Waals surface area contributed by atoms with Gasteiger partial charge in [0, 0.05) is 13.1 Å². The monoisotopic (exact) mass is 335 g/mol. The van der Waals surface area contributed by atoms with Crippen LogP contribution < -0.4 is 0 Å². The summed E-state index contributed by atoms with van der Waals surface area (Å²) in [6.07, 6.45) is 4.63. The zero-order chi connectivity index (χ0) is 17.1. The molecule has 3 nitrogen and oxygen atoms in total. The van der Waals surface area contributed by atoms with Gasteiger partial charge in [-0.25, -0.2) is 0 Å². The largest absolute Gasteiger partial charge is 0.446 e. The maximum absolute atomic E-state index is 13.1. The molecule has 2 aliphatic heterocycles. The van der Waals surface area contributed by atoms with Crippen molar-refractivity contribution in [1.82, 2.24) is 4.90 Å². The molecule has 0 amide bonds. The first-order valence-corrected chi connectivity index (χ1v) is 9.35. The normalized spacial score (nSPS) is 25.6. The Balaban J connectivity index is 1.56. The van der Waals surface area contributed by atoms with E-state index in [0.29, 0.717) is 0 Å². The third-order valence-electron chi connectivity index (χ3n) is 5.53. The quantitative estimate of drug-likeness (QED) is 0.785. The summed E-state index contributed by atoms with van der Waals surface area (Å²) in [5.74, 6) is 0.305. The average Bonchev–Trinajstić information content (AvgIpc) is 2.66. The summed E-state index contributed by atoms with van der Waals surface area (Å²) >= 11 is 0. The first kappa shape index (κ1) is 16.3. The predicted molar refractivity (Wildman–Crippen MR) is 98.1 cm³/mol. The Morgan fingerprint density at radius 3 is 2.20 bits per heavy atom. The standard InChI is InChI=1S/C22H25NO2/c24-22(25-20-14-13-17-8-7-15-23(20)16-17)21(18-9-3-1-4-10-18)19-11-5-2-6-12-19/h1-6,9-12,17,20-21H,7-8,13-16H2. The van der Waals surface area contributed by atoms with Crippen molar-refractivity contribution in [3.05, 3.63) is 71.8 Å². The molecule has 3 heteroatoms. The van der Waals surface area contributed by atoms with Crippen molar-refractivity contribution >= 4 is 5.97 Å². The number of esters is 1. The van der Waals surface area contributed by atoms with E-state index in [0.717, 1.165) is 36.6 Å². The summed E-state index contributed by atoms with van der Waals surface area (Å²) in [6.45, 7) is 2.13. The molecule has 2 aromatic rings. The van der Waals surface area contributed by atoms with Crippen LogP contribution in [0.2, 0.25) is 0 Å². The van der Waals surface area contributed by atoms with Gasteiger partial charge < -0.3 is 4.74 Å². The van der Waals surface area contributed by atoms with E-state index in [-0.39, 0.29) is 18.1 Å². The van der Waals surface area contributed by atoms with Crippen LogP contribution in [0.5, 0.6) is 0 Å². The molecule has 130 valence electrons. The molecule has 0 saturated carbocycles. The molecule has 2 aromatic carbocycles. The smallest absolute Gasteiger partial charge is 0.319 e. The van der Waals surface area contributed by atoms with Gasteiger partial charge in [0.05, 0.1) is 0 Å². The van der Waals surface area contributed by atoms with Gasteiger partial charge in [-0.15, -0.1) is 0 Å². The van der Waals surface area contributed by atoms with E-state index in [9.17, 15) is 4.79 Å². The van der Waals surface area contributed by atoms with Gasteiger partial charge in [-0.1, -0.05) is 60.7 Å². The summed E-state index contributed by atoms with van der Waals surface area (Å²) in [6, 6.07) is 19.9. The first-order chi connectivity index (χ1) is 12.3. The van der Waals surface area contributed by atoms with E-state index in [1.165, 1.54) is 19.3 Å². The van der Waals surface area contributed by atoms with Crippen molar-refractivity contribution in [2.24, 2.45) is 5.92 Å². The van der Waals surface area contributed by atoms with Crippen LogP contribution in [0.25, 0.3) is 0 Å². The van der Waals surface area contributed by atoms with Crippen molar-refractivity contribution in [2.75, 3.05) is 13.1 Å². The number of carbonyl (C=O) groups excluding carboxylic acids is 1. The minimum Gasteiger partial charge on any atom is -0.446 e. The number of fused-ring (bicyclic) bond motifs is 2. The number of ether oxygens (including phenoxy) is 1. The summed E-state index contributed by atoms with van der Waals surface area (Å²) in [4.78, 5) is 15.5. The minimum atomic E-state index is -0.357. The molecule has 2 fully saturated rings. The summed E-state index contributed by atoms with van der Waals surface area (Å²) in [7, 11) is 0. The maximum atomic E-state index is 13.1. The summed E-state index contributed by atoms with van der Waals surface area (Å²) in [5.41, 5.74) is 1.98. The van der Waals surface area contributed by atoms with Crippen LogP contribution in [0.1, 0.15) is 42.7 Å². The van der Waals surface area contributed by atoms with Crippen LogP contribution >= 0.6 is 0 Å². The van der Waals surface area contributed by atoms with Gasteiger partial charge in [0.25, 0.3) is 0 Å². The average molecular weight is 335 g/mol. The number of piperidine rings is 2. The molecule has 0 aromatic heterocycles. The lowest BCUT2D eigenvalue weighted by Gasteiger charge is -2.42. The predicted octanol–water partition coefficient (Wildman–Crippen LogP) is 4.19. The number of nitrogens with zero attached hydrogens (tertiary/aromatic N) is 1. The molecule has 4 rings (SSSR count). The molecule has 2 heterocycles. The molecule has 25 heavy (non-hydrogen) atoms.